The highest BCUT2D eigenvalue weighted by Gasteiger charge is 2.12. The van der Waals surface area contributed by atoms with Gasteiger partial charge in [-0.05, 0) is 55.2 Å². The summed E-state index contributed by atoms with van der Waals surface area (Å²) in [7, 11) is 2.08. The Labute approximate surface area is 148 Å². The number of hydrogen-bond acceptors (Lipinski definition) is 1. The van der Waals surface area contributed by atoms with Crippen LogP contribution in [-0.2, 0) is 13.5 Å². The van der Waals surface area contributed by atoms with Gasteiger partial charge in [0, 0.05) is 46.3 Å². The molecule has 0 saturated carbocycles. The van der Waals surface area contributed by atoms with Crippen molar-refractivity contribution >= 4 is 21.7 Å². The number of benzene rings is 2. The predicted octanol–water partition coefficient (Wildman–Crippen LogP) is 5.33. The molecule has 0 aliphatic rings. The monoisotopic (exact) mass is 332 g/mol. The summed E-state index contributed by atoms with van der Waals surface area (Å²) in [6.07, 6.45) is 3.04. The molecule has 0 atom stereocenters. The first-order valence-electron chi connectivity index (χ1n) is 8.83. The molecule has 3 nitrogen and oxygen atoms in total. The Morgan fingerprint density at radius 1 is 1.00 bits per heavy atom. The summed E-state index contributed by atoms with van der Waals surface area (Å²) in [5, 5.41) is 14.0. The van der Waals surface area contributed by atoms with Crippen molar-refractivity contribution in [2.45, 2.75) is 27.2 Å². The SMILES string of the molecule is Cc1cc2cc(-n3cc4ccc(CC(C)C)cc4c3O)ccc2n1C. The van der Waals surface area contributed by atoms with Crippen LogP contribution in [0.4, 0.5) is 0 Å². The van der Waals surface area contributed by atoms with E-state index < -0.39 is 0 Å². The van der Waals surface area contributed by atoms with Crippen molar-refractivity contribution in [3.05, 3.63) is 59.9 Å². The maximum atomic E-state index is 10.8. The Balaban J connectivity index is 1.84. The summed E-state index contributed by atoms with van der Waals surface area (Å²) >= 11 is 0. The molecule has 4 aromatic rings. The smallest absolute Gasteiger partial charge is 0.203 e. The van der Waals surface area contributed by atoms with Crippen LogP contribution in [0.15, 0.2) is 48.7 Å². The molecule has 0 unspecified atom stereocenters. The van der Waals surface area contributed by atoms with Crippen LogP contribution < -0.4 is 0 Å². The fourth-order valence-electron chi connectivity index (χ4n) is 3.66. The Bertz CT molecular complexity index is 1080. The molecule has 128 valence electrons. The third-order valence-corrected chi connectivity index (χ3v) is 5.04. The van der Waals surface area contributed by atoms with E-state index >= 15 is 0 Å². The van der Waals surface area contributed by atoms with Crippen molar-refractivity contribution in [3.8, 4) is 11.6 Å². The Morgan fingerprint density at radius 2 is 1.80 bits per heavy atom. The molecule has 0 radical (unpaired) electrons. The summed E-state index contributed by atoms with van der Waals surface area (Å²) in [5.74, 6) is 0.915. The molecule has 0 fully saturated rings. The summed E-state index contributed by atoms with van der Waals surface area (Å²) < 4.78 is 4.06. The van der Waals surface area contributed by atoms with Crippen molar-refractivity contribution in [1.29, 1.82) is 0 Å². The number of aromatic nitrogens is 2. The van der Waals surface area contributed by atoms with Crippen LogP contribution in [-0.4, -0.2) is 14.2 Å². The molecule has 2 aromatic heterocycles. The Morgan fingerprint density at radius 3 is 2.56 bits per heavy atom. The third-order valence-electron chi connectivity index (χ3n) is 5.04. The average molecular weight is 332 g/mol. The van der Waals surface area contributed by atoms with E-state index in [0.717, 1.165) is 22.9 Å². The summed E-state index contributed by atoms with van der Waals surface area (Å²) in [4.78, 5) is 0. The third kappa shape index (κ3) is 2.60. The lowest BCUT2D eigenvalue weighted by Gasteiger charge is -2.06. The molecule has 25 heavy (non-hydrogen) atoms. The van der Waals surface area contributed by atoms with Crippen molar-refractivity contribution in [3.63, 3.8) is 0 Å². The molecular formula is C22H24N2O. The topological polar surface area (TPSA) is 30.1 Å². The first-order chi connectivity index (χ1) is 11.9. The lowest BCUT2D eigenvalue weighted by Crippen LogP contribution is -1.93. The number of nitrogens with zero attached hydrogens (tertiary/aromatic N) is 2. The van der Waals surface area contributed by atoms with E-state index in [-0.39, 0.29) is 0 Å². The van der Waals surface area contributed by atoms with E-state index in [1.807, 2.05) is 10.8 Å². The van der Waals surface area contributed by atoms with Crippen LogP contribution in [0.1, 0.15) is 25.1 Å². The highest BCUT2D eigenvalue weighted by atomic mass is 16.3. The molecular weight excluding hydrogens is 308 g/mol. The van der Waals surface area contributed by atoms with Gasteiger partial charge in [-0.15, -0.1) is 0 Å². The molecule has 0 bridgehead atoms. The van der Waals surface area contributed by atoms with E-state index in [9.17, 15) is 5.11 Å². The molecule has 0 amide bonds. The van der Waals surface area contributed by atoms with Crippen LogP contribution >= 0.6 is 0 Å². The predicted molar refractivity (Wildman–Crippen MR) is 105 cm³/mol. The number of aromatic hydroxyl groups is 1. The van der Waals surface area contributed by atoms with Crippen LogP contribution in [0.5, 0.6) is 5.88 Å². The van der Waals surface area contributed by atoms with Crippen molar-refractivity contribution in [1.82, 2.24) is 9.13 Å². The number of hydrogen-bond donors (Lipinski definition) is 1. The minimum absolute atomic E-state index is 0.313. The molecule has 3 heteroatoms. The van der Waals surface area contributed by atoms with Gasteiger partial charge < -0.3 is 9.67 Å². The first kappa shape index (κ1) is 15.8. The van der Waals surface area contributed by atoms with E-state index in [4.69, 9.17) is 0 Å². The second-order valence-electron chi connectivity index (χ2n) is 7.43. The molecule has 0 spiro atoms. The Kier molecular flexibility index (Phi) is 3.60. The maximum absolute atomic E-state index is 10.8. The fraction of sp³-hybridized carbons (Fsp3) is 0.273. The molecule has 1 N–H and O–H groups in total. The fourth-order valence-corrected chi connectivity index (χ4v) is 3.66. The zero-order valence-corrected chi connectivity index (χ0v) is 15.2. The summed E-state index contributed by atoms with van der Waals surface area (Å²) in [6, 6.07) is 14.9. The summed E-state index contributed by atoms with van der Waals surface area (Å²) in [6.45, 7) is 6.54. The van der Waals surface area contributed by atoms with Crippen LogP contribution in [0.2, 0.25) is 0 Å². The molecule has 4 rings (SSSR count). The van der Waals surface area contributed by atoms with Gasteiger partial charge in [-0.3, -0.25) is 4.57 Å². The van der Waals surface area contributed by atoms with Gasteiger partial charge in [0.1, 0.15) is 0 Å². The van der Waals surface area contributed by atoms with Gasteiger partial charge in [0.05, 0.1) is 0 Å². The normalized spacial score (nSPS) is 11.9. The lowest BCUT2D eigenvalue weighted by molar-refractivity contribution is 0.448. The molecule has 0 saturated heterocycles. The van der Waals surface area contributed by atoms with Gasteiger partial charge in [-0.2, -0.15) is 0 Å². The van der Waals surface area contributed by atoms with Gasteiger partial charge in [0.2, 0.25) is 5.88 Å². The van der Waals surface area contributed by atoms with Crippen molar-refractivity contribution in [2.24, 2.45) is 13.0 Å². The standard InChI is InChI=1S/C22H24N2O/c1-14(2)9-16-5-6-17-13-24(22(25)20(17)11-16)19-7-8-21-18(12-19)10-15(3)23(21)4/h5-8,10-14,25H,9H2,1-4H3. The van der Waals surface area contributed by atoms with Crippen LogP contribution in [0, 0.1) is 12.8 Å². The molecule has 0 aliphatic carbocycles. The minimum atomic E-state index is 0.313. The highest BCUT2D eigenvalue weighted by molar-refractivity contribution is 5.90. The van der Waals surface area contributed by atoms with E-state index in [0.29, 0.717) is 11.8 Å². The highest BCUT2D eigenvalue weighted by Crippen LogP contribution is 2.32. The largest absolute Gasteiger partial charge is 0.494 e. The van der Waals surface area contributed by atoms with Gasteiger partial charge in [0.25, 0.3) is 0 Å². The zero-order valence-electron chi connectivity index (χ0n) is 15.2. The number of fused-ring (bicyclic) bond motifs is 2. The van der Waals surface area contributed by atoms with E-state index in [2.05, 4.69) is 74.9 Å². The molecule has 2 heterocycles. The second-order valence-corrected chi connectivity index (χ2v) is 7.43. The molecule has 2 aromatic carbocycles. The van der Waals surface area contributed by atoms with Crippen LogP contribution in [0.3, 0.4) is 0 Å². The molecule has 0 aliphatic heterocycles. The zero-order chi connectivity index (χ0) is 17.7. The summed E-state index contributed by atoms with van der Waals surface area (Å²) in [5.41, 5.74) is 4.69. The Hall–Kier alpha value is -2.68. The van der Waals surface area contributed by atoms with Gasteiger partial charge in [-0.1, -0.05) is 26.0 Å². The van der Waals surface area contributed by atoms with E-state index in [1.54, 1.807) is 0 Å². The second kappa shape index (κ2) is 5.69. The van der Waals surface area contributed by atoms with Gasteiger partial charge in [0.15, 0.2) is 0 Å². The lowest BCUT2D eigenvalue weighted by atomic mass is 10.0. The van der Waals surface area contributed by atoms with Crippen LogP contribution in [0.25, 0.3) is 27.4 Å². The quantitative estimate of drug-likeness (QED) is 0.539. The van der Waals surface area contributed by atoms with Crippen molar-refractivity contribution in [2.75, 3.05) is 0 Å². The van der Waals surface area contributed by atoms with E-state index in [1.165, 1.54) is 22.2 Å². The minimum Gasteiger partial charge on any atom is -0.494 e. The number of rotatable bonds is 3. The van der Waals surface area contributed by atoms with Crippen molar-refractivity contribution < 1.29 is 5.11 Å². The van der Waals surface area contributed by atoms with Gasteiger partial charge >= 0.3 is 0 Å². The number of aryl methyl sites for hydroxylation is 2. The first-order valence-corrected chi connectivity index (χ1v) is 8.83. The average Bonchev–Trinajstić information content (AvgIpc) is 3.04. The van der Waals surface area contributed by atoms with Gasteiger partial charge in [-0.25, -0.2) is 0 Å². The maximum Gasteiger partial charge on any atom is 0.203 e.